The number of aromatic nitrogens is 3. The van der Waals surface area contributed by atoms with E-state index in [4.69, 9.17) is 31.4 Å². The zero-order valence-corrected chi connectivity index (χ0v) is 45.3. The third-order valence-electron chi connectivity index (χ3n) is 14.2. The highest BCUT2D eigenvalue weighted by Crippen LogP contribution is 2.34. The fraction of sp³-hybridized carbons (Fsp3) is 0.266. The third-order valence-corrected chi connectivity index (χ3v) is 14.2. The number of nitrogens with zero attached hydrogens (tertiary/aromatic N) is 5. The Kier molecular flexibility index (Phi) is 17.8. The molecule has 1 aliphatic rings. The number of amides is 2. The van der Waals surface area contributed by atoms with E-state index in [2.05, 4.69) is 55.4 Å². The average molecular weight is 1040 g/mol. The second kappa shape index (κ2) is 25.8. The van der Waals surface area contributed by atoms with E-state index in [0.717, 1.165) is 160 Å². The molecule has 6 aromatic carbocycles. The zero-order valence-electron chi connectivity index (χ0n) is 45.3. The minimum absolute atomic E-state index is 0.0800. The van der Waals surface area contributed by atoms with E-state index in [0.29, 0.717) is 42.0 Å². The summed E-state index contributed by atoms with van der Waals surface area (Å²) in [5.41, 5.74) is 30.1. The van der Waals surface area contributed by atoms with Crippen LogP contribution in [0, 0.1) is 20.8 Å². The number of rotatable bonds is 23. The van der Waals surface area contributed by atoms with Crippen molar-refractivity contribution in [2.24, 2.45) is 9.98 Å². The maximum absolute atomic E-state index is 13.0. The van der Waals surface area contributed by atoms with Crippen molar-refractivity contribution >= 4 is 79.7 Å². The molecule has 0 fully saturated rings. The first-order valence-corrected chi connectivity index (χ1v) is 27.3. The van der Waals surface area contributed by atoms with Gasteiger partial charge in [0.25, 0.3) is 17.3 Å². The molecule has 9 N–H and O–H groups in total. The highest BCUT2D eigenvalue weighted by molar-refractivity contribution is 6.09. The molecule has 398 valence electrons. The Morgan fingerprint density at radius 3 is 1.76 bits per heavy atom. The number of anilines is 5. The Bertz CT molecular complexity index is 3500. The number of benzene rings is 6. The second-order valence-corrected chi connectivity index (χ2v) is 20.1. The number of hydrogen-bond donors (Lipinski definition) is 7. The number of aliphatic imine (C=N–C) groups is 2. The van der Waals surface area contributed by atoms with Crippen molar-refractivity contribution in [3.63, 3.8) is 0 Å². The van der Waals surface area contributed by atoms with Crippen LogP contribution in [0.2, 0.25) is 0 Å². The van der Waals surface area contributed by atoms with Gasteiger partial charge in [0.15, 0.2) is 0 Å². The Balaban J connectivity index is 0.639. The molecule has 0 spiro atoms. The Labute approximate surface area is 457 Å². The van der Waals surface area contributed by atoms with Gasteiger partial charge in [-0.1, -0.05) is 92.4 Å². The first-order chi connectivity index (χ1) is 38.0. The lowest BCUT2D eigenvalue weighted by Crippen LogP contribution is -2.33. The maximum Gasteiger partial charge on any atom is 0.258 e. The van der Waals surface area contributed by atoms with Gasteiger partial charge in [-0.15, -0.1) is 4.57 Å². The minimum atomic E-state index is -0.0836. The van der Waals surface area contributed by atoms with E-state index < -0.39 is 0 Å². The summed E-state index contributed by atoms with van der Waals surface area (Å²) in [6.07, 6.45) is 10.7. The number of unbranched alkanes of at least 4 members (excludes halogenated alkanes) is 6. The molecule has 3 heterocycles. The Morgan fingerprint density at radius 1 is 0.577 bits per heavy atom. The molecule has 78 heavy (non-hydrogen) atoms. The van der Waals surface area contributed by atoms with E-state index in [9.17, 15) is 9.59 Å². The molecule has 0 saturated carbocycles. The molecule has 0 unspecified atom stereocenters. The van der Waals surface area contributed by atoms with Crippen LogP contribution >= 0.6 is 0 Å². The number of fused-ring (bicyclic) bond motifs is 2. The van der Waals surface area contributed by atoms with Gasteiger partial charge >= 0.3 is 0 Å². The minimum Gasteiger partial charge on any atom is -0.398 e. The fourth-order valence-electron chi connectivity index (χ4n) is 9.59. The van der Waals surface area contributed by atoms with Crippen molar-refractivity contribution in [1.29, 1.82) is 0 Å². The summed E-state index contributed by atoms with van der Waals surface area (Å²) in [7, 11) is 0. The quantitative estimate of drug-likeness (QED) is 0.0141. The summed E-state index contributed by atoms with van der Waals surface area (Å²) < 4.78 is 2.19. The van der Waals surface area contributed by atoms with Gasteiger partial charge in [0.1, 0.15) is 11.4 Å². The largest absolute Gasteiger partial charge is 0.398 e. The molecule has 0 atom stereocenters. The van der Waals surface area contributed by atoms with Gasteiger partial charge < -0.3 is 38.1 Å². The number of amidine groups is 1. The number of dihydropyridines is 1. The number of carbonyl (C=O) groups excluding carboxylic acids is 2. The highest BCUT2D eigenvalue weighted by Gasteiger charge is 2.23. The summed E-state index contributed by atoms with van der Waals surface area (Å²) in [6.45, 7) is 10.9. The molecule has 2 amide bonds. The lowest BCUT2D eigenvalue weighted by atomic mass is 10.0. The molecule has 2 aromatic heterocycles. The molecule has 0 aliphatic carbocycles. The predicted molar refractivity (Wildman–Crippen MR) is 321 cm³/mol. The van der Waals surface area contributed by atoms with Crippen LogP contribution in [-0.2, 0) is 0 Å². The molecule has 8 aromatic rings. The molecule has 9 rings (SSSR count). The lowest BCUT2D eigenvalue weighted by Gasteiger charge is -2.17. The van der Waals surface area contributed by atoms with Crippen molar-refractivity contribution in [1.82, 2.24) is 25.9 Å². The number of carbonyl (C=O) groups is 2. The fourth-order valence-corrected chi connectivity index (χ4v) is 9.59. The molecule has 14 heteroatoms. The van der Waals surface area contributed by atoms with Gasteiger partial charge in [0.05, 0.1) is 34.2 Å². The topological polar surface area (TPSA) is 201 Å². The SMILES string of the molecule is CC1=NC(=Nc2cc(C)c(N)cc2Nc2ccccc2)CC=C1NCCCCCCNC(=O)c1ccc(-c2ccc(C(=O)NCCCCCCNc3cc4c(nc3C)nc3cc(C)c(N)cc3[n+]4-c3ccccc3)cc2)cc1. The molecular formula is C64H71N12O2+. The van der Waals surface area contributed by atoms with Gasteiger partial charge in [0.2, 0.25) is 16.9 Å². The summed E-state index contributed by atoms with van der Waals surface area (Å²) in [4.78, 5) is 45.6. The van der Waals surface area contributed by atoms with E-state index >= 15 is 0 Å². The van der Waals surface area contributed by atoms with Crippen molar-refractivity contribution in [2.45, 2.75) is 85.5 Å². The summed E-state index contributed by atoms with van der Waals surface area (Å²) in [5.74, 6) is 0.590. The number of pyridine rings is 1. The predicted octanol–water partition coefficient (Wildman–Crippen LogP) is 12.3. The van der Waals surface area contributed by atoms with Crippen molar-refractivity contribution < 1.29 is 14.2 Å². The van der Waals surface area contributed by atoms with Crippen LogP contribution in [-0.4, -0.2) is 59.5 Å². The third kappa shape index (κ3) is 13.7. The first kappa shape index (κ1) is 53.9. The normalized spacial score (nSPS) is 12.8. The zero-order chi connectivity index (χ0) is 54.4. The van der Waals surface area contributed by atoms with Crippen LogP contribution in [0.15, 0.2) is 161 Å². The van der Waals surface area contributed by atoms with Crippen LogP contribution in [0.1, 0.15) is 102 Å². The van der Waals surface area contributed by atoms with Crippen molar-refractivity contribution in [3.8, 4) is 16.8 Å². The monoisotopic (exact) mass is 1040 g/mol. The smallest absolute Gasteiger partial charge is 0.258 e. The Hall–Kier alpha value is -8.91. The number of aryl methyl sites for hydroxylation is 3. The summed E-state index contributed by atoms with van der Waals surface area (Å²) >= 11 is 0. The van der Waals surface area contributed by atoms with Gasteiger partial charge in [-0.2, -0.15) is 0 Å². The lowest BCUT2D eigenvalue weighted by molar-refractivity contribution is -0.538. The molecule has 1 aliphatic heterocycles. The molecule has 0 saturated heterocycles. The van der Waals surface area contributed by atoms with Gasteiger partial charge in [-0.05, 0) is 130 Å². The van der Waals surface area contributed by atoms with Crippen molar-refractivity contribution in [3.05, 3.63) is 179 Å². The summed E-state index contributed by atoms with van der Waals surface area (Å²) in [6, 6.07) is 45.5. The first-order valence-electron chi connectivity index (χ1n) is 27.3. The number of para-hydroxylation sites is 2. The molecule has 0 radical (unpaired) electrons. The van der Waals surface area contributed by atoms with Gasteiger partial charge in [-0.25, -0.2) is 20.0 Å². The van der Waals surface area contributed by atoms with E-state index in [1.54, 1.807) is 0 Å². The molecule has 0 bridgehead atoms. The standard InChI is InChI=1S/C64H70N12O2/c1-42-37-56(57(39-52(42)65)73-50-19-11-9-12-20-50)74-61-32-31-54(44(3)71-61)67-33-15-5-7-17-35-69-63(77)48-27-23-46(24-28-48)47-25-29-49(30-26-47)64(78)70-36-18-8-6-16-34-68-55-41-60-62(72-45(55)4)75-58-38-43(2)53(66)40-59(58)76(60)51-21-13-10-14-22-51/h9-14,19-31,37-41,67,73H,5-8,15-18,32-36,65H2,1-4H3,(H4,66,68,69,70,77,78)/p+1. The van der Waals surface area contributed by atoms with E-state index in [1.165, 1.54) is 0 Å². The number of hydrogen-bond acceptors (Lipinski definition) is 10. The van der Waals surface area contributed by atoms with Crippen LogP contribution in [0.4, 0.5) is 34.1 Å². The number of nitrogens with two attached hydrogens (primary N) is 2. The second-order valence-electron chi connectivity index (χ2n) is 20.1. The summed E-state index contributed by atoms with van der Waals surface area (Å²) in [5, 5.41) is 16.8. The van der Waals surface area contributed by atoms with Crippen LogP contribution in [0.5, 0.6) is 0 Å². The highest BCUT2D eigenvalue weighted by atomic mass is 16.2. The van der Waals surface area contributed by atoms with Crippen LogP contribution in [0.3, 0.4) is 0 Å². The van der Waals surface area contributed by atoms with Gasteiger partial charge in [-0.3, -0.25) is 9.59 Å². The van der Waals surface area contributed by atoms with Crippen LogP contribution in [0.25, 0.3) is 39.0 Å². The van der Waals surface area contributed by atoms with E-state index in [-0.39, 0.29) is 11.8 Å². The van der Waals surface area contributed by atoms with E-state index in [1.807, 2.05) is 149 Å². The molecular weight excluding hydrogens is 969 g/mol. The van der Waals surface area contributed by atoms with Crippen LogP contribution < -0.4 is 42.6 Å². The number of nitrogen functional groups attached to an aromatic ring is 2. The Morgan fingerprint density at radius 2 is 1.14 bits per heavy atom. The van der Waals surface area contributed by atoms with Crippen molar-refractivity contribution in [2.75, 3.05) is 48.3 Å². The maximum atomic E-state index is 13.0. The van der Waals surface area contributed by atoms with Gasteiger partial charge in [0, 0.05) is 85.1 Å². The number of nitrogens with one attached hydrogen (secondary N) is 5. The average Bonchev–Trinajstić information content (AvgIpc) is 3.60. The molecule has 14 nitrogen and oxygen atoms in total. The number of allylic oxidation sites excluding steroid dienone is 1.